The molecule has 0 saturated carbocycles. The third-order valence-electron chi connectivity index (χ3n) is 5.46. The Morgan fingerprint density at radius 3 is 2.79 bits per heavy atom. The molecular weight excluding hydrogens is 388 g/mol. The van der Waals surface area contributed by atoms with Crippen molar-refractivity contribution in [2.24, 2.45) is 5.92 Å². The van der Waals surface area contributed by atoms with Gasteiger partial charge in [-0.1, -0.05) is 30.3 Å². The molecular formula is C21H26N4O3S. The summed E-state index contributed by atoms with van der Waals surface area (Å²) in [7, 11) is 0. The zero-order valence-electron chi connectivity index (χ0n) is 16.4. The summed E-state index contributed by atoms with van der Waals surface area (Å²) in [4.78, 5) is 33.1. The molecule has 8 heteroatoms. The highest BCUT2D eigenvalue weighted by molar-refractivity contribution is 7.14. The van der Waals surface area contributed by atoms with Crippen LogP contribution < -0.4 is 10.2 Å². The fourth-order valence-corrected chi connectivity index (χ4v) is 4.47. The summed E-state index contributed by atoms with van der Waals surface area (Å²) in [5.41, 5.74) is 1.60. The molecule has 2 aliphatic rings. The van der Waals surface area contributed by atoms with Crippen LogP contribution in [-0.2, 0) is 11.2 Å². The van der Waals surface area contributed by atoms with Crippen molar-refractivity contribution in [3.8, 4) is 0 Å². The molecule has 2 aliphatic heterocycles. The highest BCUT2D eigenvalue weighted by Crippen LogP contribution is 2.25. The van der Waals surface area contributed by atoms with Gasteiger partial charge in [-0.15, -0.1) is 11.3 Å². The Hall–Kier alpha value is -2.45. The van der Waals surface area contributed by atoms with Crippen LogP contribution in [0.5, 0.6) is 0 Å². The van der Waals surface area contributed by atoms with E-state index in [1.165, 1.54) is 16.9 Å². The lowest BCUT2D eigenvalue weighted by atomic mass is 10.0. The van der Waals surface area contributed by atoms with Crippen molar-refractivity contribution in [3.63, 3.8) is 0 Å². The van der Waals surface area contributed by atoms with E-state index in [1.807, 2.05) is 23.1 Å². The van der Waals surface area contributed by atoms with Crippen molar-refractivity contribution < 1.29 is 14.3 Å². The monoisotopic (exact) mass is 414 g/mol. The number of hydrogen-bond donors (Lipinski definition) is 1. The predicted octanol–water partition coefficient (Wildman–Crippen LogP) is 2.78. The second kappa shape index (κ2) is 9.37. The van der Waals surface area contributed by atoms with Gasteiger partial charge in [0.05, 0.1) is 0 Å². The molecule has 0 bridgehead atoms. The second-order valence-electron chi connectivity index (χ2n) is 7.44. The van der Waals surface area contributed by atoms with Crippen molar-refractivity contribution in [2.75, 3.05) is 44.3 Å². The molecule has 1 aromatic heterocycles. The predicted molar refractivity (Wildman–Crippen MR) is 112 cm³/mol. The minimum Gasteiger partial charge on any atom is -0.381 e. The Bertz CT molecular complexity index is 835. The van der Waals surface area contributed by atoms with Crippen molar-refractivity contribution in [1.82, 2.24) is 15.2 Å². The number of nitrogens with one attached hydrogen (secondary N) is 1. The van der Waals surface area contributed by atoms with Crippen LogP contribution in [0.3, 0.4) is 0 Å². The third-order valence-corrected chi connectivity index (χ3v) is 6.32. The molecule has 2 fully saturated rings. The Morgan fingerprint density at radius 2 is 2.00 bits per heavy atom. The maximum Gasteiger partial charge on any atom is 0.326 e. The highest BCUT2D eigenvalue weighted by atomic mass is 32.1. The van der Waals surface area contributed by atoms with E-state index in [9.17, 15) is 9.59 Å². The first-order valence-corrected chi connectivity index (χ1v) is 11.0. The molecule has 0 spiro atoms. The first-order chi connectivity index (χ1) is 14.2. The molecule has 29 heavy (non-hydrogen) atoms. The number of carbonyl (C=O) groups is 2. The molecule has 4 rings (SSSR count). The SMILES string of the molecule is O=C(NCC1CCOCC1)c1csc(N2CCN(CCc3ccccc3)C2=O)n1. The minimum absolute atomic E-state index is 0.0376. The van der Waals surface area contributed by atoms with Gasteiger partial charge in [-0.05, 0) is 30.7 Å². The molecule has 0 unspecified atom stereocenters. The molecule has 0 aliphatic carbocycles. The molecule has 1 aromatic carbocycles. The number of nitrogens with zero attached hydrogens (tertiary/aromatic N) is 3. The fraction of sp³-hybridized carbons (Fsp3) is 0.476. The summed E-state index contributed by atoms with van der Waals surface area (Å²) in [6.45, 7) is 4.13. The van der Waals surface area contributed by atoms with Crippen molar-refractivity contribution >= 4 is 28.4 Å². The molecule has 0 atom stereocenters. The van der Waals surface area contributed by atoms with Crippen LogP contribution in [0.15, 0.2) is 35.7 Å². The van der Waals surface area contributed by atoms with Gasteiger partial charge in [0.15, 0.2) is 5.13 Å². The van der Waals surface area contributed by atoms with E-state index >= 15 is 0 Å². The molecule has 2 aromatic rings. The maximum absolute atomic E-state index is 12.7. The molecule has 3 amide bonds. The number of urea groups is 1. The summed E-state index contributed by atoms with van der Waals surface area (Å²) >= 11 is 1.34. The van der Waals surface area contributed by atoms with Crippen LogP contribution in [0, 0.1) is 5.92 Å². The van der Waals surface area contributed by atoms with Gasteiger partial charge in [0.1, 0.15) is 5.69 Å². The van der Waals surface area contributed by atoms with E-state index < -0.39 is 0 Å². The van der Waals surface area contributed by atoms with Gasteiger partial charge in [0.25, 0.3) is 5.91 Å². The maximum atomic E-state index is 12.7. The Labute approximate surface area is 174 Å². The van der Waals surface area contributed by atoms with Gasteiger partial charge >= 0.3 is 6.03 Å². The van der Waals surface area contributed by atoms with Crippen molar-refractivity contribution in [3.05, 3.63) is 47.0 Å². The number of ether oxygens (including phenoxy) is 1. The summed E-state index contributed by atoms with van der Waals surface area (Å²) in [5.74, 6) is 0.288. The van der Waals surface area contributed by atoms with Crippen LogP contribution in [0.4, 0.5) is 9.93 Å². The van der Waals surface area contributed by atoms with Crippen LogP contribution in [0.2, 0.25) is 0 Å². The summed E-state index contributed by atoms with van der Waals surface area (Å²) < 4.78 is 5.35. The Morgan fingerprint density at radius 1 is 1.21 bits per heavy atom. The van der Waals surface area contributed by atoms with Gasteiger partial charge in [-0.25, -0.2) is 9.78 Å². The van der Waals surface area contributed by atoms with E-state index in [4.69, 9.17) is 4.74 Å². The molecule has 3 heterocycles. The zero-order chi connectivity index (χ0) is 20.1. The lowest BCUT2D eigenvalue weighted by Crippen LogP contribution is -2.33. The fourth-order valence-electron chi connectivity index (χ4n) is 3.65. The van der Waals surface area contributed by atoms with E-state index in [0.29, 0.717) is 42.9 Å². The summed E-state index contributed by atoms with van der Waals surface area (Å²) in [6.07, 6.45) is 2.78. The summed E-state index contributed by atoms with van der Waals surface area (Å²) in [6, 6.07) is 10.1. The number of thiazole rings is 1. The van der Waals surface area contributed by atoms with Gasteiger partial charge < -0.3 is 15.0 Å². The third kappa shape index (κ3) is 4.94. The minimum atomic E-state index is -0.174. The number of carbonyl (C=O) groups excluding carboxylic acids is 2. The van der Waals surface area contributed by atoms with Crippen LogP contribution in [0.25, 0.3) is 0 Å². The molecule has 7 nitrogen and oxygen atoms in total. The van der Waals surface area contributed by atoms with E-state index in [-0.39, 0.29) is 11.9 Å². The van der Waals surface area contributed by atoms with Crippen LogP contribution in [0.1, 0.15) is 28.9 Å². The van der Waals surface area contributed by atoms with Gasteiger partial charge in [-0.3, -0.25) is 9.69 Å². The Kier molecular flexibility index (Phi) is 6.41. The summed E-state index contributed by atoms with van der Waals surface area (Å²) in [5, 5.41) is 5.29. The first kappa shape index (κ1) is 19.8. The molecule has 0 radical (unpaired) electrons. The molecule has 1 N–H and O–H groups in total. The van der Waals surface area contributed by atoms with Gasteiger partial charge in [0.2, 0.25) is 0 Å². The van der Waals surface area contributed by atoms with Gasteiger partial charge in [0, 0.05) is 44.8 Å². The van der Waals surface area contributed by atoms with Crippen LogP contribution in [-0.4, -0.2) is 61.2 Å². The standard InChI is InChI=1S/C21H26N4O3S/c26-19(22-14-17-7-12-28-13-8-17)18-15-29-20(23-18)25-11-10-24(21(25)27)9-6-16-4-2-1-3-5-16/h1-5,15,17H,6-14H2,(H,22,26). The van der Waals surface area contributed by atoms with E-state index in [2.05, 4.69) is 22.4 Å². The average molecular weight is 415 g/mol. The van der Waals surface area contributed by atoms with Gasteiger partial charge in [-0.2, -0.15) is 0 Å². The highest BCUT2D eigenvalue weighted by Gasteiger charge is 2.31. The zero-order valence-corrected chi connectivity index (χ0v) is 17.2. The van der Waals surface area contributed by atoms with Crippen molar-refractivity contribution in [1.29, 1.82) is 0 Å². The van der Waals surface area contributed by atoms with E-state index in [0.717, 1.165) is 32.5 Å². The largest absolute Gasteiger partial charge is 0.381 e. The molecule has 2 saturated heterocycles. The van der Waals surface area contributed by atoms with E-state index in [1.54, 1.807) is 10.3 Å². The number of anilines is 1. The van der Waals surface area contributed by atoms with Crippen molar-refractivity contribution in [2.45, 2.75) is 19.3 Å². The Balaban J connectivity index is 1.29. The number of aromatic nitrogens is 1. The average Bonchev–Trinajstić information content (AvgIpc) is 3.39. The quantitative estimate of drug-likeness (QED) is 0.756. The normalized spacial score (nSPS) is 17.7. The molecule has 154 valence electrons. The number of benzene rings is 1. The number of rotatable bonds is 7. The first-order valence-electron chi connectivity index (χ1n) is 10.1. The number of hydrogen-bond acceptors (Lipinski definition) is 5. The number of amides is 3. The smallest absolute Gasteiger partial charge is 0.326 e. The second-order valence-corrected chi connectivity index (χ2v) is 8.27. The van der Waals surface area contributed by atoms with Crippen LogP contribution >= 0.6 is 11.3 Å². The topological polar surface area (TPSA) is 74.8 Å². The lowest BCUT2D eigenvalue weighted by molar-refractivity contribution is 0.0642. The lowest BCUT2D eigenvalue weighted by Gasteiger charge is -2.21.